The van der Waals surface area contributed by atoms with Gasteiger partial charge in [-0.1, -0.05) is 20.3 Å². The minimum absolute atomic E-state index is 0.151. The van der Waals surface area contributed by atoms with Crippen molar-refractivity contribution in [2.45, 2.75) is 39.7 Å². The van der Waals surface area contributed by atoms with Crippen LogP contribution in [0.1, 0.15) is 33.1 Å². The summed E-state index contributed by atoms with van der Waals surface area (Å²) in [5.74, 6) is 0. The fourth-order valence-electron chi connectivity index (χ4n) is 1.75. The zero-order valence-electron chi connectivity index (χ0n) is 11.5. The molecule has 0 fully saturated rings. The van der Waals surface area contributed by atoms with Crippen molar-refractivity contribution in [2.24, 2.45) is 18.2 Å². The number of rotatable bonds is 6. The molecule has 1 heterocycles. The van der Waals surface area contributed by atoms with E-state index in [2.05, 4.69) is 13.8 Å². The zero-order chi connectivity index (χ0) is 13.8. The van der Waals surface area contributed by atoms with Crippen LogP contribution in [0.4, 0.5) is 0 Å². The molecule has 0 bridgehead atoms. The van der Waals surface area contributed by atoms with E-state index in [4.69, 9.17) is 5.73 Å². The third-order valence-corrected chi connectivity index (χ3v) is 3.29. The Labute approximate surface area is 107 Å². The van der Waals surface area contributed by atoms with Gasteiger partial charge in [0.05, 0.1) is 0 Å². The molecule has 18 heavy (non-hydrogen) atoms. The van der Waals surface area contributed by atoms with Gasteiger partial charge in [-0.3, -0.25) is 9.59 Å². The van der Waals surface area contributed by atoms with Gasteiger partial charge in [0.2, 0.25) is 0 Å². The third kappa shape index (κ3) is 3.84. The van der Waals surface area contributed by atoms with E-state index < -0.39 is 11.1 Å². The Hall–Kier alpha value is -1.36. The molecular weight excluding hydrogens is 230 g/mol. The highest BCUT2D eigenvalue weighted by molar-refractivity contribution is 4.84. The predicted molar refractivity (Wildman–Crippen MR) is 72.6 cm³/mol. The second-order valence-electron chi connectivity index (χ2n) is 5.54. The minimum Gasteiger partial charge on any atom is -0.330 e. The standard InChI is InChI=1S/C13H23N3O2/c1-13(2,10-14)6-4-5-7-16-9-8-15(3)11(17)12(16)18/h8-9H,4-7,10,14H2,1-3H3. The maximum Gasteiger partial charge on any atom is 0.316 e. The van der Waals surface area contributed by atoms with Gasteiger partial charge in [-0.25, -0.2) is 0 Å². The van der Waals surface area contributed by atoms with Crippen LogP contribution < -0.4 is 16.9 Å². The average Bonchev–Trinajstić information content (AvgIpc) is 2.34. The molecule has 102 valence electrons. The fraction of sp³-hybridized carbons (Fsp3) is 0.692. The quantitative estimate of drug-likeness (QED) is 0.599. The van der Waals surface area contributed by atoms with E-state index in [9.17, 15) is 9.59 Å². The van der Waals surface area contributed by atoms with Crippen molar-refractivity contribution in [2.75, 3.05) is 6.54 Å². The monoisotopic (exact) mass is 253 g/mol. The van der Waals surface area contributed by atoms with Crippen LogP contribution in [0.25, 0.3) is 0 Å². The molecule has 0 aliphatic heterocycles. The molecule has 5 heteroatoms. The first-order chi connectivity index (χ1) is 8.37. The molecule has 0 aliphatic rings. The number of nitrogens with zero attached hydrogens (tertiary/aromatic N) is 2. The second-order valence-corrected chi connectivity index (χ2v) is 5.54. The molecule has 1 rings (SSSR count). The van der Waals surface area contributed by atoms with Gasteiger partial charge in [-0.15, -0.1) is 0 Å². The second kappa shape index (κ2) is 6.00. The molecule has 1 aromatic heterocycles. The van der Waals surface area contributed by atoms with Gasteiger partial charge in [-0.2, -0.15) is 0 Å². The van der Waals surface area contributed by atoms with Gasteiger partial charge < -0.3 is 14.9 Å². The molecule has 1 aromatic rings. The lowest BCUT2D eigenvalue weighted by atomic mass is 9.87. The maximum absolute atomic E-state index is 11.6. The van der Waals surface area contributed by atoms with Gasteiger partial charge in [0.1, 0.15) is 0 Å². The highest BCUT2D eigenvalue weighted by Gasteiger charge is 2.14. The molecule has 0 aromatic carbocycles. The Bertz CT molecular complexity index is 500. The number of hydrogen-bond donors (Lipinski definition) is 1. The summed E-state index contributed by atoms with van der Waals surface area (Å²) in [6, 6.07) is 0. The Morgan fingerprint density at radius 1 is 1.17 bits per heavy atom. The van der Waals surface area contributed by atoms with Gasteiger partial charge in [-0.05, 0) is 24.8 Å². The molecule has 0 spiro atoms. The zero-order valence-corrected chi connectivity index (χ0v) is 11.5. The van der Waals surface area contributed by atoms with Gasteiger partial charge in [0.25, 0.3) is 0 Å². The summed E-state index contributed by atoms with van der Waals surface area (Å²) < 4.78 is 2.79. The fourth-order valence-corrected chi connectivity index (χ4v) is 1.75. The summed E-state index contributed by atoms with van der Waals surface area (Å²) in [6.07, 6.45) is 6.21. The molecule has 0 atom stereocenters. The molecule has 0 unspecified atom stereocenters. The highest BCUT2D eigenvalue weighted by atomic mass is 16.2. The number of unbranched alkanes of at least 4 members (excludes halogenated alkanes) is 1. The first kappa shape index (κ1) is 14.7. The number of hydrogen-bond acceptors (Lipinski definition) is 3. The molecule has 0 amide bonds. The average molecular weight is 253 g/mol. The van der Waals surface area contributed by atoms with E-state index in [0.717, 1.165) is 19.3 Å². The third-order valence-electron chi connectivity index (χ3n) is 3.29. The van der Waals surface area contributed by atoms with Crippen LogP contribution in [0.5, 0.6) is 0 Å². The number of nitrogens with two attached hydrogens (primary N) is 1. The van der Waals surface area contributed by atoms with Crippen molar-refractivity contribution >= 4 is 0 Å². The molecule has 0 radical (unpaired) electrons. The summed E-state index contributed by atoms with van der Waals surface area (Å²) in [5.41, 5.74) is 4.89. The van der Waals surface area contributed by atoms with Crippen LogP contribution in [0.2, 0.25) is 0 Å². The molecule has 2 N–H and O–H groups in total. The lowest BCUT2D eigenvalue weighted by molar-refractivity contribution is 0.328. The molecule has 0 saturated heterocycles. The summed E-state index contributed by atoms with van der Waals surface area (Å²) in [6.45, 7) is 5.53. The van der Waals surface area contributed by atoms with E-state index in [1.54, 1.807) is 19.4 Å². The Morgan fingerprint density at radius 2 is 1.83 bits per heavy atom. The largest absolute Gasteiger partial charge is 0.330 e. The molecule has 0 saturated carbocycles. The Balaban J connectivity index is 2.53. The van der Waals surface area contributed by atoms with E-state index in [0.29, 0.717) is 13.1 Å². The molecule has 0 aliphatic carbocycles. The maximum atomic E-state index is 11.6. The van der Waals surface area contributed by atoms with Crippen LogP contribution in [0.15, 0.2) is 22.0 Å². The van der Waals surface area contributed by atoms with Gasteiger partial charge in [0.15, 0.2) is 0 Å². The van der Waals surface area contributed by atoms with Crippen LogP contribution in [-0.2, 0) is 13.6 Å². The van der Waals surface area contributed by atoms with E-state index in [-0.39, 0.29) is 5.41 Å². The first-order valence-electron chi connectivity index (χ1n) is 6.33. The highest BCUT2D eigenvalue weighted by Crippen LogP contribution is 2.21. The van der Waals surface area contributed by atoms with Crippen LogP contribution in [-0.4, -0.2) is 15.7 Å². The number of aryl methyl sites for hydroxylation is 2. The van der Waals surface area contributed by atoms with Crippen molar-refractivity contribution in [3.05, 3.63) is 33.1 Å². The van der Waals surface area contributed by atoms with Gasteiger partial charge in [0, 0.05) is 26.0 Å². The normalized spacial score (nSPS) is 11.8. The van der Waals surface area contributed by atoms with Crippen molar-refractivity contribution in [1.82, 2.24) is 9.13 Å². The minimum atomic E-state index is -0.472. The first-order valence-corrected chi connectivity index (χ1v) is 6.33. The van der Waals surface area contributed by atoms with Gasteiger partial charge >= 0.3 is 11.1 Å². The SMILES string of the molecule is Cn1ccn(CCCCC(C)(C)CN)c(=O)c1=O. The van der Waals surface area contributed by atoms with Crippen LogP contribution in [0.3, 0.4) is 0 Å². The topological polar surface area (TPSA) is 70.0 Å². The van der Waals surface area contributed by atoms with Crippen molar-refractivity contribution in [3.63, 3.8) is 0 Å². The smallest absolute Gasteiger partial charge is 0.316 e. The van der Waals surface area contributed by atoms with Crippen molar-refractivity contribution in [1.29, 1.82) is 0 Å². The predicted octanol–water partition coefficient (Wildman–Crippen LogP) is 0.702. The lowest BCUT2D eigenvalue weighted by Crippen LogP contribution is -2.39. The summed E-state index contributed by atoms with van der Waals surface area (Å²) in [7, 11) is 1.58. The van der Waals surface area contributed by atoms with E-state index in [1.165, 1.54) is 9.13 Å². The molecular formula is C13H23N3O2. The van der Waals surface area contributed by atoms with Crippen LogP contribution in [0, 0.1) is 5.41 Å². The molecule has 5 nitrogen and oxygen atoms in total. The summed E-state index contributed by atoms with van der Waals surface area (Å²) in [5, 5.41) is 0. The summed E-state index contributed by atoms with van der Waals surface area (Å²) in [4.78, 5) is 23.1. The summed E-state index contributed by atoms with van der Waals surface area (Å²) >= 11 is 0. The Kier molecular flexibility index (Phi) is 4.90. The number of aromatic nitrogens is 2. The Morgan fingerprint density at radius 3 is 2.44 bits per heavy atom. The van der Waals surface area contributed by atoms with E-state index >= 15 is 0 Å². The van der Waals surface area contributed by atoms with Crippen LogP contribution >= 0.6 is 0 Å². The van der Waals surface area contributed by atoms with E-state index in [1.807, 2.05) is 0 Å². The van der Waals surface area contributed by atoms with Crippen molar-refractivity contribution in [3.8, 4) is 0 Å². The lowest BCUT2D eigenvalue weighted by Gasteiger charge is -2.21. The van der Waals surface area contributed by atoms with Crippen molar-refractivity contribution < 1.29 is 0 Å².